The van der Waals surface area contributed by atoms with Gasteiger partial charge in [-0.05, 0) is 91.6 Å². The lowest BCUT2D eigenvalue weighted by Gasteiger charge is -2.21. The van der Waals surface area contributed by atoms with Crippen LogP contribution in [0.3, 0.4) is 0 Å². The zero-order valence-corrected chi connectivity index (χ0v) is 24.0. The summed E-state index contributed by atoms with van der Waals surface area (Å²) < 4.78 is 45.2. The summed E-state index contributed by atoms with van der Waals surface area (Å²) in [5.41, 5.74) is -1.27. The van der Waals surface area contributed by atoms with E-state index in [9.17, 15) is 27.2 Å². The van der Waals surface area contributed by atoms with Crippen molar-refractivity contribution in [3.63, 3.8) is 0 Å². The Morgan fingerprint density at radius 1 is 1.00 bits per heavy atom. The van der Waals surface area contributed by atoms with E-state index in [-0.39, 0.29) is 44.6 Å². The van der Waals surface area contributed by atoms with Gasteiger partial charge in [0.1, 0.15) is 17.0 Å². The van der Waals surface area contributed by atoms with Gasteiger partial charge in [0, 0.05) is 22.2 Å². The molecule has 2 aromatic heterocycles. The molecule has 0 bridgehead atoms. The molecule has 0 atom stereocenters. The Hall–Kier alpha value is -3.26. The zero-order valence-electron chi connectivity index (χ0n) is 21.1. The van der Waals surface area contributed by atoms with Gasteiger partial charge in [0.05, 0.1) is 27.0 Å². The quantitative estimate of drug-likeness (QED) is 0.314. The second-order valence-corrected chi connectivity index (χ2v) is 13.6. The number of anilines is 2. The van der Waals surface area contributed by atoms with Crippen LogP contribution in [0.4, 0.5) is 15.9 Å². The lowest BCUT2D eigenvalue weighted by molar-refractivity contribution is 0.594. The molecule has 2 aliphatic carbocycles. The fraction of sp³-hybridized carbons (Fsp3) is 0.296. The van der Waals surface area contributed by atoms with Crippen molar-refractivity contribution in [2.45, 2.75) is 48.8 Å². The molecule has 0 radical (unpaired) electrons. The Bertz CT molecular complexity index is 1990. The average Bonchev–Trinajstić information content (AvgIpc) is 3.80. The first kappa shape index (κ1) is 26.0. The van der Waals surface area contributed by atoms with E-state index in [4.69, 9.17) is 0 Å². The number of rotatable bonds is 6. The minimum absolute atomic E-state index is 0.0366. The summed E-state index contributed by atoms with van der Waals surface area (Å²) in [5, 5.41) is 2.51. The molecule has 2 aliphatic rings. The summed E-state index contributed by atoms with van der Waals surface area (Å²) in [6.45, 7) is 1.52. The van der Waals surface area contributed by atoms with E-state index < -0.39 is 37.7 Å². The van der Waals surface area contributed by atoms with E-state index in [1.165, 1.54) is 47.4 Å². The molecule has 0 spiro atoms. The Morgan fingerprint density at radius 2 is 1.72 bits per heavy atom. The van der Waals surface area contributed by atoms with E-state index >= 15 is 0 Å². The van der Waals surface area contributed by atoms with Crippen molar-refractivity contribution in [3.8, 4) is 5.69 Å². The first-order valence-electron chi connectivity index (χ1n) is 12.5. The fourth-order valence-electron chi connectivity index (χ4n) is 4.94. The number of pyridine rings is 1. The summed E-state index contributed by atoms with van der Waals surface area (Å²) in [5.74, 6) is -0.535. The second-order valence-electron chi connectivity index (χ2n) is 10.1. The van der Waals surface area contributed by atoms with Crippen molar-refractivity contribution in [1.29, 1.82) is 0 Å². The summed E-state index contributed by atoms with van der Waals surface area (Å²) >= 11 is 1.98. The third kappa shape index (κ3) is 4.24. The molecular weight excluding hydrogens is 638 g/mol. The molecule has 6 rings (SSSR count). The molecule has 0 aliphatic heterocycles. The summed E-state index contributed by atoms with van der Waals surface area (Å²) in [4.78, 5) is 41.3. The molecule has 0 saturated heterocycles. The molecule has 2 aromatic carbocycles. The van der Waals surface area contributed by atoms with Crippen LogP contribution in [-0.4, -0.2) is 27.4 Å². The molecule has 9 nitrogen and oxygen atoms in total. The normalized spacial score (nSPS) is 15.6. The highest BCUT2D eigenvalue weighted by Crippen LogP contribution is 2.36. The van der Waals surface area contributed by atoms with Crippen LogP contribution in [0, 0.1) is 16.3 Å². The van der Waals surface area contributed by atoms with Crippen LogP contribution < -0.4 is 22.1 Å². The minimum atomic E-state index is -3.57. The Kier molecular flexibility index (Phi) is 6.10. The molecule has 2 fully saturated rings. The fourth-order valence-corrected chi connectivity index (χ4v) is 7.09. The maximum Gasteiger partial charge on any atom is 0.336 e. The SMILES string of the molecule is Cc1c(=O)n(C)c(Nc2ccc(I)cc2F)c2c(=O)n(C3CC3)c(=O)n(-c3cccc(S(=O)(=O)C4CC4)c3)c12. The van der Waals surface area contributed by atoms with Gasteiger partial charge < -0.3 is 5.32 Å². The number of aryl methyl sites for hydroxylation is 1. The van der Waals surface area contributed by atoms with Gasteiger partial charge in [-0.3, -0.25) is 23.3 Å². The van der Waals surface area contributed by atoms with Crippen molar-refractivity contribution in [2.24, 2.45) is 7.05 Å². The third-order valence-corrected chi connectivity index (χ3v) is 10.2. The van der Waals surface area contributed by atoms with E-state index in [0.717, 1.165) is 4.57 Å². The number of nitrogens with zero attached hydrogens (tertiary/aromatic N) is 3. The molecule has 39 heavy (non-hydrogen) atoms. The van der Waals surface area contributed by atoms with E-state index in [1.807, 2.05) is 22.6 Å². The van der Waals surface area contributed by atoms with Crippen molar-refractivity contribution >= 4 is 54.8 Å². The van der Waals surface area contributed by atoms with Gasteiger partial charge in [-0.1, -0.05) is 6.07 Å². The van der Waals surface area contributed by atoms with Crippen molar-refractivity contribution in [1.82, 2.24) is 13.7 Å². The van der Waals surface area contributed by atoms with E-state index in [2.05, 4.69) is 5.32 Å². The summed E-state index contributed by atoms with van der Waals surface area (Å²) in [7, 11) is -2.10. The Labute approximate surface area is 236 Å². The van der Waals surface area contributed by atoms with Gasteiger partial charge in [-0.15, -0.1) is 0 Å². The van der Waals surface area contributed by atoms with Crippen LogP contribution in [0.25, 0.3) is 16.6 Å². The highest BCUT2D eigenvalue weighted by Gasteiger charge is 2.37. The Morgan fingerprint density at radius 3 is 2.36 bits per heavy atom. The number of benzene rings is 2. The van der Waals surface area contributed by atoms with Gasteiger partial charge in [0.2, 0.25) is 0 Å². The molecule has 12 heteroatoms. The minimum Gasteiger partial charge on any atom is -0.338 e. The number of aromatic nitrogens is 3. The number of hydrogen-bond acceptors (Lipinski definition) is 6. The van der Waals surface area contributed by atoms with Gasteiger partial charge in [0.15, 0.2) is 9.84 Å². The maximum atomic E-state index is 14.9. The third-order valence-electron chi connectivity index (χ3n) is 7.31. The van der Waals surface area contributed by atoms with Crippen molar-refractivity contribution in [2.75, 3.05) is 5.32 Å². The molecule has 202 valence electrons. The smallest absolute Gasteiger partial charge is 0.336 e. The zero-order chi connectivity index (χ0) is 27.8. The second kappa shape index (κ2) is 9.15. The maximum absolute atomic E-state index is 14.9. The van der Waals surface area contributed by atoms with Crippen LogP contribution in [0.2, 0.25) is 0 Å². The lowest BCUT2D eigenvalue weighted by Crippen LogP contribution is -2.41. The summed E-state index contributed by atoms with van der Waals surface area (Å²) in [6, 6.07) is 10.2. The molecule has 0 amide bonds. The first-order valence-corrected chi connectivity index (χ1v) is 15.1. The van der Waals surface area contributed by atoms with Gasteiger partial charge in [-0.25, -0.2) is 17.6 Å². The predicted molar refractivity (Wildman–Crippen MR) is 155 cm³/mol. The number of halogens is 2. The number of nitrogens with one attached hydrogen (secondary N) is 1. The Balaban J connectivity index is 1.71. The summed E-state index contributed by atoms with van der Waals surface area (Å²) in [6.07, 6.45) is 2.44. The molecule has 2 heterocycles. The largest absolute Gasteiger partial charge is 0.338 e. The lowest BCUT2D eigenvalue weighted by atomic mass is 10.1. The number of fused-ring (bicyclic) bond motifs is 1. The van der Waals surface area contributed by atoms with Crippen LogP contribution in [-0.2, 0) is 16.9 Å². The molecule has 1 N–H and O–H groups in total. The van der Waals surface area contributed by atoms with Crippen molar-refractivity contribution in [3.05, 3.63) is 88.6 Å². The molecular formula is C27H24FIN4O5S. The molecule has 2 saturated carbocycles. The van der Waals surface area contributed by atoms with Gasteiger partial charge >= 0.3 is 5.69 Å². The van der Waals surface area contributed by atoms with Gasteiger partial charge in [0.25, 0.3) is 11.1 Å². The number of hydrogen-bond donors (Lipinski definition) is 1. The van der Waals surface area contributed by atoms with E-state index in [0.29, 0.717) is 29.3 Å². The standard InChI is InChI=1S/C27H24FIN4O5S/c1-14-23-22(24(31(2)25(14)34)30-21-11-6-15(29)12-20(21)28)26(35)33(16-7-8-16)27(36)32(23)17-4-3-5-19(13-17)39(37,38)18-9-10-18/h3-6,11-13,16,18,30H,7-10H2,1-2H3. The first-order chi connectivity index (χ1) is 18.5. The monoisotopic (exact) mass is 662 g/mol. The van der Waals surface area contributed by atoms with Crippen molar-refractivity contribution < 1.29 is 12.8 Å². The molecule has 4 aromatic rings. The highest BCUT2D eigenvalue weighted by molar-refractivity contribution is 14.1. The average molecular weight is 662 g/mol. The highest BCUT2D eigenvalue weighted by atomic mass is 127. The van der Waals surface area contributed by atoms with Gasteiger partial charge in [-0.2, -0.15) is 0 Å². The van der Waals surface area contributed by atoms with Crippen LogP contribution in [0.15, 0.2) is 61.7 Å². The predicted octanol–water partition coefficient (Wildman–Crippen LogP) is 3.92. The topological polar surface area (TPSA) is 112 Å². The van der Waals surface area contributed by atoms with E-state index in [1.54, 1.807) is 18.2 Å². The van der Waals surface area contributed by atoms with Crippen LogP contribution >= 0.6 is 22.6 Å². The van der Waals surface area contributed by atoms with Crippen LogP contribution in [0.5, 0.6) is 0 Å². The number of sulfone groups is 1. The molecule has 0 unspecified atom stereocenters. The van der Waals surface area contributed by atoms with Crippen LogP contribution in [0.1, 0.15) is 37.3 Å².